The monoisotopic (exact) mass is 250 g/mol. The van der Waals surface area contributed by atoms with E-state index in [0.29, 0.717) is 5.69 Å². The van der Waals surface area contributed by atoms with Crippen LogP contribution in [0.3, 0.4) is 0 Å². The first-order chi connectivity index (χ1) is 9.27. The molecule has 1 heterocycles. The molecule has 2 aromatic carbocycles. The number of carboxylic acid groups (broad SMARTS) is 1. The molecule has 1 N–H and O–H groups in total. The van der Waals surface area contributed by atoms with Crippen LogP contribution in [0.2, 0.25) is 0 Å². The second-order valence-corrected chi connectivity index (χ2v) is 4.12. The zero-order valence-electron chi connectivity index (χ0n) is 9.95. The summed E-state index contributed by atoms with van der Waals surface area (Å²) in [7, 11) is 0. The van der Waals surface area contributed by atoms with E-state index in [0.717, 1.165) is 16.3 Å². The Morgan fingerprint density at radius 3 is 2.68 bits per heavy atom. The summed E-state index contributed by atoms with van der Waals surface area (Å²) in [6.07, 6.45) is 2.69. The molecule has 0 radical (unpaired) electrons. The maximum Gasteiger partial charge on any atom is 0.339 e. The van der Waals surface area contributed by atoms with Gasteiger partial charge in [-0.25, -0.2) is 14.8 Å². The molecule has 1 aromatic heterocycles. The van der Waals surface area contributed by atoms with Crippen molar-refractivity contribution in [2.75, 3.05) is 0 Å². The highest BCUT2D eigenvalue weighted by Crippen LogP contribution is 2.28. The van der Waals surface area contributed by atoms with Crippen LogP contribution in [0.15, 0.2) is 55.0 Å². The zero-order valence-corrected chi connectivity index (χ0v) is 9.95. The van der Waals surface area contributed by atoms with Crippen LogP contribution in [0, 0.1) is 0 Å². The predicted octanol–water partition coefficient (Wildman–Crippen LogP) is 3.00. The topological polar surface area (TPSA) is 63.1 Å². The Bertz CT molecular complexity index is 763. The second-order valence-electron chi connectivity index (χ2n) is 4.12. The van der Waals surface area contributed by atoms with Crippen LogP contribution in [0.4, 0.5) is 0 Å². The van der Waals surface area contributed by atoms with E-state index in [9.17, 15) is 9.90 Å². The molecule has 0 fully saturated rings. The Morgan fingerprint density at radius 1 is 1.05 bits per heavy atom. The molecule has 0 aliphatic rings. The SMILES string of the molecule is O=C(O)c1cncnc1-c1cccc2ccccc12. The van der Waals surface area contributed by atoms with Crippen molar-refractivity contribution in [2.24, 2.45) is 0 Å². The van der Waals surface area contributed by atoms with Crippen molar-refractivity contribution in [3.63, 3.8) is 0 Å². The summed E-state index contributed by atoms with van der Waals surface area (Å²) >= 11 is 0. The summed E-state index contributed by atoms with van der Waals surface area (Å²) in [5.41, 5.74) is 1.36. The van der Waals surface area contributed by atoms with E-state index < -0.39 is 5.97 Å². The predicted molar refractivity (Wildman–Crippen MR) is 71.9 cm³/mol. The van der Waals surface area contributed by atoms with Crippen molar-refractivity contribution >= 4 is 16.7 Å². The largest absolute Gasteiger partial charge is 0.478 e. The minimum absolute atomic E-state index is 0.110. The molecule has 0 saturated carbocycles. The minimum Gasteiger partial charge on any atom is -0.478 e. The van der Waals surface area contributed by atoms with Gasteiger partial charge in [-0.15, -0.1) is 0 Å². The first-order valence-electron chi connectivity index (χ1n) is 5.79. The van der Waals surface area contributed by atoms with Crippen molar-refractivity contribution < 1.29 is 9.90 Å². The smallest absolute Gasteiger partial charge is 0.339 e. The lowest BCUT2D eigenvalue weighted by molar-refractivity contribution is 0.0697. The third kappa shape index (κ3) is 1.93. The number of rotatable bonds is 2. The third-order valence-electron chi connectivity index (χ3n) is 2.99. The molecule has 0 saturated heterocycles. The Kier molecular flexibility index (Phi) is 2.68. The summed E-state index contributed by atoms with van der Waals surface area (Å²) in [5.74, 6) is -1.02. The zero-order chi connectivity index (χ0) is 13.2. The van der Waals surface area contributed by atoms with Crippen LogP contribution in [-0.2, 0) is 0 Å². The first-order valence-corrected chi connectivity index (χ1v) is 5.79. The summed E-state index contributed by atoms with van der Waals surface area (Å²) in [5, 5.41) is 11.2. The van der Waals surface area contributed by atoms with E-state index >= 15 is 0 Å². The average Bonchev–Trinajstić information content (AvgIpc) is 2.46. The molecule has 3 rings (SSSR count). The van der Waals surface area contributed by atoms with Gasteiger partial charge in [0.1, 0.15) is 11.9 Å². The molecule has 4 heteroatoms. The number of nitrogens with zero attached hydrogens (tertiary/aromatic N) is 2. The lowest BCUT2D eigenvalue weighted by Crippen LogP contribution is -2.02. The fraction of sp³-hybridized carbons (Fsp3) is 0. The molecular weight excluding hydrogens is 240 g/mol. The first kappa shape index (κ1) is 11.3. The van der Waals surface area contributed by atoms with Crippen LogP contribution >= 0.6 is 0 Å². The molecule has 92 valence electrons. The van der Waals surface area contributed by atoms with Crippen molar-refractivity contribution in [3.8, 4) is 11.3 Å². The van der Waals surface area contributed by atoms with Crippen molar-refractivity contribution in [1.29, 1.82) is 0 Å². The number of hydrogen-bond donors (Lipinski definition) is 1. The summed E-state index contributed by atoms with van der Waals surface area (Å²) in [4.78, 5) is 19.2. The van der Waals surface area contributed by atoms with E-state index in [4.69, 9.17) is 0 Å². The van der Waals surface area contributed by atoms with Crippen LogP contribution in [-0.4, -0.2) is 21.0 Å². The van der Waals surface area contributed by atoms with Gasteiger partial charge in [-0.3, -0.25) is 0 Å². The highest BCUT2D eigenvalue weighted by Gasteiger charge is 2.14. The molecule has 0 spiro atoms. The van der Waals surface area contributed by atoms with Crippen molar-refractivity contribution in [1.82, 2.24) is 9.97 Å². The van der Waals surface area contributed by atoms with E-state index in [-0.39, 0.29) is 5.56 Å². The number of benzene rings is 2. The van der Waals surface area contributed by atoms with Gasteiger partial charge in [-0.1, -0.05) is 42.5 Å². The van der Waals surface area contributed by atoms with Crippen LogP contribution < -0.4 is 0 Å². The Hall–Kier alpha value is -2.75. The van der Waals surface area contributed by atoms with Gasteiger partial charge in [0.25, 0.3) is 0 Å². The van der Waals surface area contributed by atoms with Gasteiger partial charge in [-0.2, -0.15) is 0 Å². The van der Waals surface area contributed by atoms with Gasteiger partial charge in [0.05, 0.1) is 5.69 Å². The van der Waals surface area contributed by atoms with Crippen LogP contribution in [0.1, 0.15) is 10.4 Å². The number of carbonyl (C=O) groups is 1. The highest BCUT2D eigenvalue weighted by atomic mass is 16.4. The summed E-state index contributed by atoms with van der Waals surface area (Å²) < 4.78 is 0. The average molecular weight is 250 g/mol. The lowest BCUT2D eigenvalue weighted by atomic mass is 9.99. The number of aromatic carboxylic acids is 1. The molecule has 0 amide bonds. The number of fused-ring (bicyclic) bond motifs is 1. The molecule has 19 heavy (non-hydrogen) atoms. The van der Waals surface area contributed by atoms with Crippen molar-refractivity contribution in [3.05, 3.63) is 60.6 Å². The standard InChI is InChI=1S/C15H10N2O2/c18-15(19)13-8-16-9-17-14(13)12-7-3-5-10-4-1-2-6-11(10)12/h1-9H,(H,18,19). The Labute approximate surface area is 109 Å². The maximum atomic E-state index is 11.3. The third-order valence-corrected chi connectivity index (χ3v) is 2.99. The van der Waals surface area contributed by atoms with Gasteiger partial charge < -0.3 is 5.11 Å². The summed E-state index contributed by atoms with van der Waals surface area (Å²) in [6, 6.07) is 13.6. The fourth-order valence-corrected chi connectivity index (χ4v) is 2.13. The molecule has 0 atom stereocenters. The van der Waals surface area contributed by atoms with Crippen molar-refractivity contribution in [2.45, 2.75) is 0 Å². The molecule has 3 aromatic rings. The molecule has 4 nitrogen and oxygen atoms in total. The molecule has 0 bridgehead atoms. The number of hydrogen-bond acceptors (Lipinski definition) is 3. The van der Waals surface area contributed by atoms with Gasteiger partial charge in [0.15, 0.2) is 0 Å². The minimum atomic E-state index is -1.02. The molecule has 0 aliphatic heterocycles. The van der Waals surface area contributed by atoms with Crippen LogP contribution in [0.25, 0.3) is 22.0 Å². The van der Waals surface area contributed by atoms with E-state index in [1.54, 1.807) is 0 Å². The van der Waals surface area contributed by atoms with E-state index in [2.05, 4.69) is 9.97 Å². The molecular formula is C15H10N2O2. The van der Waals surface area contributed by atoms with Gasteiger partial charge in [0.2, 0.25) is 0 Å². The fourth-order valence-electron chi connectivity index (χ4n) is 2.13. The van der Waals surface area contributed by atoms with Gasteiger partial charge in [-0.05, 0) is 10.8 Å². The number of carboxylic acids is 1. The quantitative estimate of drug-likeness (QED) is 0.759. The highest BCUT2D eigenvalue weighted by molar-refractivity contribution is 6.02. The normalized spacial score (nSPS) is 10.5. The summed E-state index contributed by atoms with van der Waals surface area (Å²) in [6.45, 7) is 0. The van der Waals surface area contributed by atoms with Crippen LogP contribution in [0.5, 0.6) is 0 Å². The lowest BCUT2D eigenvalue weighted by Gasteiger charge is -2.08. The molecule has 0 aliphatic carbocycles. The molecule has 0 unspecified atom stereocenters. The van der Waals surface area contributed by atoms with E-state index in [1.165, 1.54) is 12.5 Å². The maximum absolute atomic E-state index is 11.3. The Balaban J connectivity index is 2.34. The van der Waals surface area contributed by atoms with Gasteiger partial charge >= 0.3 is 5.97 Å². The van der Waals surface area contributed by atoms with E-state index in [1.807, 2.05) is 42.5 Å². The van der Waals surface area contributed by atoms with Gasteiger partial charge in [0, 0.05) is 11.8 Å². The Morgan fingerprint density at radius 2 is 1.84 bits per heavy atom. The second kappa shape index (κ2) is 4.49. The number of aromatic nitrogens is 2.